The molecule has 5 heteroatoms. The average Bonchev–Trinajstić information content (AvgIpc) is 3.18. The first-order valence-corrected chi connectivity index (χ1v) is 10.1. The number of amides is 1. The van der Waals surface area contributed by atoms with Crippen LogP contribution in [0.4, 0.5) is 0 Å². The molecule has 27 heavy (non-hydrogen) atoms. The Morgan fingerprint density at radius 3 is 2.78 bits per heavy atom. The van der Waals surface area contributed by atoms with Crippen molar-refractivity contribution in [2.24, 2.45) is 0 Å². The Balaban J connectivity index is 1.73. The number of hydrogen-bond donors (Lipinski definition) is 1. The number of aryl methyl sites for hydroxylation is 2. The van der Waals surface area contributed by atoms with E-state index >= 15 is 0 Å². The third kappa shape index (κ3) is 3.23. The van der Waals surface area contributed by atoms with E-state index in [1.54, 1.807) is 11.3 Å². The maximum atomic E-state index is 12.4. The second kappa shape index (κ2) is 6.82. The molecule has 2 heterocycles. The lowest BCUT2D eigenvalue weighted by Gasteiger charge is -2.11. The van der Waals surface area contributed by atoms with Crippen LogP contribution in [0.15, 0.2) is 42.6 Å². The quantitative estimate of drug-likeness (QED) is 0.520. The van der Waals surface area contributed by atoms with Crippen LogP contribution in [0.2, 0.25) is 0 Å². The van der Waals surface area contributed by atoms with Crippen LogP contribution < -0.4 is 5.32 Å². The van der Waals surface area contributed by atoms with Gasteiger partial charge in [0.25, 0.3) is 5.91 Å². The van der Waals surface area contributed by atoms with Crippen LogP contribution in [0.25, 0.3) is 26.4 Å². The van der Waals surface area contributed by atoms with E-state index in [2.05, 4.69) is 54.9 Å². The maximum Gasteiger partial charge on any atom is 0.251 e. The first-order valence-electron chi connectivity index (χ1n) is 9.26. The van der Waals surface area contributed by atoms with E-state index in [9.17, 15) is 4.79 Å². The third-order valence-electron chi connectivity index (χ3n) is 5.00. The van der Waals surface area contributed by atoms with E-state index in [1.807, 2.05) is 25.1 Å². The topological polar surface area (TPSA) is 46.4 Å². The molecule has 0 aliphatic rings. The highest BCUT2D eigenvalue weighted by Crippen LogP contribution is 2.31. The number of nitrogens with one attached hydrogen (secondary N) is 1. The number of carbonyl (C=O) groups excluding carboxylic acids is 1. The summed E-state index contributed by atoms with van der Waals surface area (Å²) < 4.78 is 3.19. The lowest BCUT2D eigenvalue weighted by Crippen LogP contribution is -2.31. The van der Waals surface area contributed by atoms with Crippen molar-refractivity contribution >= 4 is 32.4 Å². The normalized spacial score (nSPS) is 12.6. The summed E-state index contributed by atoms with van der Waals surface area (Å²) in [6, 6.07) is 12.5. The Labute approximate surface area is 162 Å². The van der Waals surface area contributed by atoms with E-state index in [4.69, 9.17) is 4.98 Å². The van der Waals surface area contributed by atoms with E-state index < -0.39 is 0 Å². The molecule has 1 N–H and O–H groups in total. The van der Waals surface area contributed by atoms with Gasteiger partial charge < -0.3 is 5.32 Å². The maximum absolute atomic E-state index is 12.4. The number of nitrogens with zero attached hydrogens (tertiary/aromatic N) is 2. The van der Waals surface area contributed by atoms with Crippen molar-refractivity contribution in [2.45, 2.75) is 40.2 Å². The van der Waals surface area contributed by atoms with Crippen molar-refractivity contribution in [1.29, 1.82) is 0 Å². The standard InChI is InChI=1S/C22H23N3OS/c1-5-15(4)23-21(26)16-7-9-19-20(11-16)27-22-24-18(12-25(19)22)17-8-6-13(2)10-14(17)3/h6-12,15H,5H2,1-4H3,(H,23,26)/t15-/m0/s1. The van der Waals surface area contributed by atoms with Gasteiger partial charge in [-0.1, -0.05) is 42.0 Å². The van der Waals surface area contributed by atoms with Crippen LogP contribution in [0.5, 0.6) is 0 Å². The highest BCUT2D eigenvalue weighted by Gasteiger charge is 2.14. The predicted octanol–water partition coefficient (Wildman–Crippen LogP) is 5.36. The van der Waals surface area contributed by atoms with E-state index in [0.29, 0.717) is 5.56 Å². The number of aromatic nitrogens is 2. The fourth-order valence-electron chi connectivity index (χ4n) is 3.28. The summed E-state index contributed by atoms with van der Waals surface area (Å²) in [6.07, 6.45) is 3.01. The minimum absolute atomic E-state index is 0.0201. The number of imidazole rings is 1. The predicted molar refractivity (Wildman–Crippen MR) is 113 cm³/mol. The van der Waals surface area contributed by atoms with Gasteiger partial charge in [-0.15, -0.1) is 0 Å². The Bertz CT molecular complexity index is 1160. The van der Waals surface area contributed by atoms with Crippen molar-refractivity contribution in [2.75, 3.05) is 0 Å². The van der Waals surface area contributed by atoms with Crippen molar-refractivity contribution in [1.82, 2.24) is 14.7 Å². The summed E-state index contributed by atoms with van der Waals surface area (Å²) in [5.74, 6) is -0.0201. The molecule has 4 nitrogen and oxygen atoms in total. The number of benzene rings is 2. The molecule has 0 saturated heterocycles. The van der Waals surface area contributed by atoms with Gasteiger partial charge in [0.2, 0.25) is 0 Å². The molecule has 4 aromatic rings. The summed E-state index contributed by atoms with van der Waals surface area (Å²) in [6.45, 7) is 8.31. The highest BCUT2D eigenvalue weighted by atomic mass is 32.1. The molecule has 0 aliphatic carbocycles. The molecule has 138 valence electrons. The summed E-state index contributed by atoms with van der Waals surface area (Å²) in [5, 5.41) is 3.02. The van der Waals surface area contributed by atoms with Gasteiger partial charge in [0.05, 0.1) is 15.9 Å². The molecule has 0 fully saturated rings. The van der Waals surface area contributed by atoms with Crippen molar-refractivity contribution in [3.8, 4) is 11.3 Å². The minimum atomic E-state index is -0.0201. The number of rotatable bonds is 4. The zero-order valence-electron chi connectivity index (χ0n) is 16.0. The highest BCUT2D eigenvalue weighted by molar-refractivity contribution is 7.23. The van der Waals surface area contributed by atoms with Crippen LogP contribution in [-0.2, 0) is 0 Å². The Morgan fingerprint density at radius 1 is 1.22 bits per heavy atom. The molecule has 2 aromatic carbocycles. The van der Waals surface area contributed by atoms with Crippen molar-refractivity contribution in [3.05, 3.63) is 59.3 Å². The average molecular weight is 378 g/mol. The van der Waals surface area contributed by atoms with Crippen molar-refractivity contribution < 1.29 is 4.79 Å². The molecule has 2 aromatic heterocycles. The molecule has 0 bridgehead atoms. The fourth-order valence-corrected chi connectivity index (χ4v) is 4.33. The smallest absolute Gasteiger partial charge is 0.251 e. The van der Waals surface area contributed by atoms with Crippen LogP contribution >= 0.6 is 11.3 Å². The van der Waals surface area contributed by atoms with Gasteiger partial charge in [0.15, 0.2) is 4.96 Å². The molecule has 0 aliphatic heterocycles. The van der Waals surface area contributed by atoms with Gasteiger partial charge >= 0.3 is 0 Å². The largest absolute Gasteiger partial charge is 0.350 e. The summed E-state index contributed by atoms with van der Waals surface area (Å²) >= 11 is 1.61. The van der Waals surface area contributed by atoms with Gasteiger partial charge in [-0.25, -0.2) is 4.98 Å². The first-order chi connectivity index (χ1) is 13.0. The second-order valence-corrected chi connectivity index (χ2v) is 8.17. The summed E-state index contributed by atoms with van der Waals surface area (Å²) in [7, 11) is 0. The van der Waals surface area contributed by atoms with Crippen LogP contribution in [-0.4, -0.2) is 21.3 Å². The lowest BCUT2D eigenvalue weighted by molar-refractivity contribution is 0.0939. The summed E-state index contributed by atoms with van der Waals surface area (Å²) in [5.41, 5.74) is 6.41. The zero-order valence-corrected chi connectivity index (χ0v) is 16.9. The molecule has 1 amide bonds. The molecule has 0 radical (unpaired) electrons. The first kappa shape index (κ1) is 17.7. The monoisotopic (exact) mass is 377 g/mol. The van der Waals surface area contributed by atoms with Gasteiger partial charge in [0, 0.05) is 23.4 Å². The van der Waals surface area contributed by atoms with Gasteiger partial charge in [0.1, 0.15) is 0 Å². The summed E-state index contributed by atoms with van der Waals surface area (Å²) in [4.78, 5) is 18.2. The van der Waals surface area contributed by atoms with Gasteiger partial charge in [-0.3, -0.25) is 9.20 Å². The second-order valence-electron chi connectivity index (χ2n) is 7.16. The number of hydrogen-bond acceptors (Lipinski definition) is 3. The van der Waals surface area contributed by atoms with Crippen LogP contribution in [0.1, 0.15) is 41.8 Å². The number of fused-ring (bicyclic) bond motifs is 3. The molecule has 0 spiro atoms. The van der Waals surface area contributed by atoms with Gasteiger partial charge in [-0.2, -0.15) is 0 Å². The molecular weight excluding hydrogens is 354 g/mol. The SMILES string of the molecule is CC[C@H](C)NC(=O)c1ccc2c(c1)sc1nc(-c3ccc(C)cc3C)cn12. The number of carbonyl (C=O) groups is 1. The van der Waals surface area contributed by atoms with E-state index in [1.165, 1.54) is 11.1 Å². The molecule has 1 atom stereocenters. The van der Waals surface area contributed by atoms with Crippen molar-refractivity contribution in [3.63, 3.8) is 0 Å². The van der Waals surface area contributed by atoms with Gasteiger partial charge in [-0.05, 0) is 51.0 Å². The molecule has 4 rings (SSSR count). The Kier molecular flexibility index (Phi) is 4.48. The Morgan fingerprint density at radius 2 is 2.04 bits per heavy atom. The number of thiazole rings is 1. The lowest BCUT2D eigenvalue weighted by atomic mass is 10.0. The minimum Gasteiger partial charge on any atom is -0.350 e. The molecule has 0 saturated carbocycles. The van der Waals surface area contributed by atoms with E-state index in [0.717, 1.165) is 32.9 Å². The van der Waals surface area contributed by atoms with E-state index in [-0.39, 0.29) is 11.9 Å². The fraction of sp³-hybridized carbons (Fsp3) is 0.273. The zero-order chi connectivity index (χ0) is 19.1. The molecular formula is C22H23N3OS. The van der Waals surface area contributed by atoms with Crippen LogP contribution in [0, 0.1) is 13.8 Å². The van der Waals surface area contributed by atoms with Crippen LogP contribution in [0.3, 0.4) is 0 Å². The Hall–Kier alpha value is -2.66. The third-order valence-corrected chi connectivity index (χ3v) is 6.02. The molecule has 0 unspecified atom stereocenters.